The summed E-state index contributed by atoms with van der Waals surface area (Å²) in [5, 5.41) is 9.41. The molecule has 2 aromatic carbocycles. The van der Waals surface area contributed by atoms with Crippen LogP contribution in [0.5, 0.6) is 11.5 Å². The summed E-state index contributed by atoms with van der Waals surface area (Å²) in [6, 6.07) is 9.91. The van der Waals surface area contributed by atoms with Gasteiger partial charge in [0.25, 0.3) is 0 Å². The van der Waals surface area contributed by atoms with E-state index >= 15 is 0 Å². The molecule has 24 heavy (non-hydrogen) atoms. The first-order valence-electron chi connectivity index (χ1n) is 8.00. The smallest absolute Gasteiger partial charge is 0.144 e. The average Bonchev–Trinajstić information content (AvgIpc) is 3.06. The largest absolute Gasteiger partial charge is 0.506 e. The number of phenolic OH excluding ortho intramolecular Hbond substituents is 1. The van der Waals surface area contributed by atoms with Gasteiger partial charge < -0.3 is 26.2 Å². The molecule has 2 heterocycles. The van der Waals surface area contributed by atoms with Gasteiger partial charge in [0.05, 0.1) is 17.4 Å². The zero-order valence-corrected chi connectivity index (χ0v) is 14.4. The predicted molar refractivity (Wildman–Crippen MR) is 99.0 cm³/mol. The van der Waals surface area contributed by atoms with E-state index in [2.05, 4.69) is 11.0 Å². The Hall–Kier alpha value is -2.27. The molecule has 1 unspecified atom stereocenters. The highest BCUT2D eigenvalue weighted by Crippen LogP contribution is 2.38. The molecule has 2 aliphatic heterocycles. The molecule has 1 atom stereocenters. The molecule has 1 fully saturated rings. The maximum atomic E-state index is 9.18. The van der Waals surface area contributed by atoms with Crippen LogP contribution in [0.3, 0.4) is 0 Å². The molecule has 6 heteroatoms. The van der Waals surface area contributed by atoms with Crippen LogP contribution in [0.2, 0.25) is 5.02 Å². The molecule has 0 aromatic heterocycles. The molecule has 5 nitrogen and oxygen atoms in total. The van der Waals surface area contributed by atoms with Crippen LogP contribution < -0.4 is 21.1 Å². The third kappa shape index (κ3) is 3.17. The Morgan fingerprint density at radius 1 is 1.25 bits per heavy atom. The van der Waals surface area contributed by atoms with E-state index in [9.17, 15) is 5.11 Å². The molecule has 128 valence electrons. The summed E-state index contributed by atoms with van der Waals surface area (Å²) in [5.74, 6) is 1.02. The fourth-order valence-corrected chi connectivity index (χ4v) is 3.28. The summed E-state index contributed by atoms with van der Waals surface area (Å²) in [5.41, 5.74) is 14.3. The van der Waals surface area contributed by atoms with Crippen LogP contribution in [-0.2, 0) is 0 Å². The molecule has 2 aliphatic rings. The second-order valence-corrected chi connectivity index (χ2v) is 6.54. The van der Waals surface area contributed by atoms with E-state index in [4.69, 9.17) is 27.8 Å². The molecule has 0 spiro atoms. The zero-order chi connectivity index (χ0) is 17.3. The van der Waals surface area contributed by atoms with Crippen molar-refractivity contribution in [2.75, 3.05) is 29.5 Å². The van der Waals surface area contributed by atoms with E-state index in [0.717, 1.165) is 30.2 Å². The Morgan fingerprint density at radius 3 is 2.79 bits per heavy atom. The van der Waals surface area contributed by atoms with E-state index in [1.165, 1.54) is 18.5 Å². The maximum absolute atomic E-state index is 9.18. The number of nitrogens with zero attached hydrogens (tertiary/aromatic N) is 1. The van der Waals surface area contributed by atoms with E-state index in [-0.39, 0.29) is 10.8 Å². The molecule has 0 radical (unpaired) electrons. The summed E-state index contributed by atoms with van der Waals surface area (Å²) in [7, 11) is 0. The average molecular weight is 348 g/mol. The van der Waals surface area contributed by atoms with Gasteiger partial charge in [-0.2, -0.15) is 0 Å². The van der Waals surface area contributed by atoms with Crippen LogP contribution >= 0.6 is 11.6 Å². The van der Waals surface area contributed by atoms with E-state index in [0.29, 0.717) is 11.7 Å². The Bertz CT molecular complexity index is 724. The highest BCUT2D eigenvalue weighted by molar-refractivity contribution is 6.34. The second kappa shape index (κ2) is 6.69. The summed E-state index contributed by atoms with van der Waals surface area (Å²) >= 11 is 5.61. The number of aryl methyl sites for hydroxylation is 1. The third-order valence-corrected chi connectivity index (χ3v) is 4.85. The van der Waals surface area contributed by atoms with Gasteiger partial charge in [-0.3, -0.25) is 0 Å². The molecule has 5 N–H and O–H groups in total. The van der Waals surface area contributed by atoms with E-state index in [1.807, 2.05) is 12.1 Å². The fraction of sp³-hybridized carbons (Fsp3) is 0.333. The lowest BCUT2D eigenvalue weighted by atomic mass is 10.1. The minimum Gasteiger partial charge on any atom is -0.506 e. The van der Waals surface area contributed by atoms with E-state index < -0.39 is 0 Å². The molecular formula is C18H22ClN3O2. The highest BCUT2D eigenvalue weighted by Gasteiger charge is 2.31. The van der Waals surface area contributed by atoms with Crippen LogP contribution in [0.4, 0.5) is 17.1 Å². The first-order valence-corrected chi connectivity index (χ1v) is 8.37. The normalized spacial score (nSPS) is 18.1. The van der Waals surface area contributed by atoms with Gasteiger partial charge in [-0.25, -0.2) is 0 Å². The van der Waals surface area contributed by atoms with Crippen molar-refractivity contribution in [1.82, 2.24) is 0 Å². The molecule has 2 aromatic rings. The highest BCUT2D eigenvalue weighted by atomic mass is 35.5. The van der Waals surface area contributed by atoms with Crippen molar-refractivity contribution in [1.29, 1.82) is 0 Å². The van der Waals surface area contributed by atoms with Crippen molar-refractivity contribution in [2.24, 2.45) is 0 Å². The molecule has 4 rings (SSSR count). The van der Waals surface area contributed by atoms with Gasteiger partial charge in [-0.15, -0.1) is 0 Å². The van der Waals surface area contributed by atoms with Crippen molar-refractivity contribution in [2.45, 2.75) is 25.8 Å². The number of anilines is 3. The van der Waals surface area contributed by atoms with Crippen molar-refractivity contribution in [3.63, 3.8) is 0 Å². The number of nitrogens with two attached hydrogens (primary N) is 2. The number of halogens is 1. The summed E-state index contributed by atoms with van der Waals surface area (Å²) in [6.45, 7) is 3.74. The second-order valence-electron chi connectivity index (χ2n) is 6.16. The number of hydrogen-bond donors (Lipinski definition) is 3. The lowest BCUT2D eigenvalue weighted by molar-refractivity contribution is 0.272. The molecule has 1 saturated heterocycles. The van der Waals surface area contributed by atoms with Crippen molar-refractivity contribution < 1.29 is 9.84 Å². The number of benzene rings is 2. The SMILES string of the molecule is Cc1ccc(N)c(Cl)c1O.Nc1ccc2c(c1)OCC1CCCN21. The summed E-state index contributed by atoms with van der Waals surface area (Å²) in [4.78, 5) is 2.44. The van der Waals surface area contributed by atoms with Crippen LogP contribution in [0, 0.1) is 6.92 Å². The predicted octanol–water partition coefficient (Wildman–Crippen LogP) is 3.57. The first kappa shape index (κ1) is 16.6. The number of rotatable bonds is 0. The monoisotopic (exact) mass is 347 g/mol. The topological polar surface area (TPSA) is 84.7 Å². The van der Waals surface area contributed by atoms with Crippen LogP contribution in [0.15, 0.2) is 30.3 Å². The van der Waals surface area contributed by atoms with Gasteiger partial charge in [0.1, 0.15) is 23.1 Å². The fourth-order valence-electron chi connectivity index (χ4n) is 3.07. The van der Waals surface area contributed by atoms with Crippen LogP contribution in [-0.4, -0.2) is 24.3 Å². The van der Waals surface area contributed by atoms with Gasteiger partial charge in [0.2, 0.25) is 0 Å². The van der Waals surface area contributed by atoms with Crippen LogP contribution in [0.25, 0.3) is 0 Å². The lowest BCUT2D eigenvalue weighted by Gasteiger charge is -2.33. The Kier molecular flexibility index (Phi) is 4.62. The minimum absolute atomic E-state index is 0.0710. The first-order chi connectivity index (χ1) is 11.5. The van der Waals surface area contributed by atoms with Crippen LogP contribution in [0.1, 0.15) is 18.4 Å². The number of fused-ring (bicyclic) bond motifs is 3. The van der Waals surface area contributed by atoms with Gasteiger partial charge in [0, 0.05) is 18.3 Å². The molecule has 0 saturated carbocycles. The zero-order valence-electron chi connectivity index (χ0n) is 13.6. The van der Waals surface area contributed by atoms with Gasteiger partial charge in [-0.05, 0) is 43.5 Å². The lowest BCUT2D eigenvalue weighted by Crippen LogP contribution is -2.38. The Balaban J connectivity index is 0.000000150. The van der Waals surface area contributed by atoms with Crippen molar-refractivity contribution in [3.8, 4) is 11.5 Å². The number of ether oxygens (including phenoxy) is 1. The van der Waals surface area contributed by atoms with E-state index in [1.54, 1.807) is 19.1 Å². The van der Waals surface area contributed by atoms with Gasteiger partial charge in [-0.1, -0.05) is 17.7 Å². The standard InChI is InChI=1S/C11H14N2O.C7H8ClNO/c12-8-3-4-10-11(6-8)14-7-9-2-1-5-13(9)10;1-4-2-3-5(9)6(8)7(4)10/h3-4,6,9H,1-2,5,7,12H2;2-3,10H,9H2,1H3. The number of hydrogen-bond acceptors (Lipinski definition) is 5. The van der Waals surface area contributed by atoms with Gasteiger partial charge in [0.15, 0.2) is 0 Å². The third-order valence-electron chi connectivity index (χ3n) is 4.45. The van der Waals surface area contributed by atoms with Crippen molar-refractivity contribution >= 4 is 28.7 Å². The quantitative estimate of drug-likeness (QED) is 0.634. The van der Waals surface area contributed by atoms with Crippen molar-refractivity contribution in [3.05, 3.63) is 40.9 Å². The molecule has 0 amide bonds. The maximum Gasteiger partial charge on any atom is 0.144 e. The molecular weight excluding hydrogens is 326 g/mol. The van der Waals surface area contributed by atoms with Gasteiger partial charge >= 0.3 is 0 Å². The molecule has 0 bridgehead atoms. The Labute approximate surface area is 146 Å². The number of aromatic hydroxyl groups is 1. The summed E-state index contributed by atoms with van der Waals surface area (Å²) < 4.78 is 5.70. The Morgan fingerprint density at radius 2 is 2.04 bits per heavy atom. The minimum atomic E-state index is 0.0710. The number of nitrogen functional groups attached to an aromatic ring is 2. The number of phenols is 1. The summed E-state index contributed by atoms with van der Waals surface area (Å²) in [6.07, 6.45) is 2.53. The molecule has 0 aliphatic carbocycles.